The molecule has 142 valence electrons. The van der Waals surface area contributed by atoms with Gasteiger partial charge in [0.15, 0.2) is 6.61 Å². The van der Waals surface area contributed by atoms with Gasteiger partial charge in [-0.05, 0) is 52.3 Å². The Labute approximate surface area is 175 Å². The molecule has 3 aromatic rings. The first-order valence-corrected chi connectivity index (χ1v) is 9.77. The van der Waals surface area contributed by atoms with Crippen LogP contribution < -0.4 is 20.1 Å². The summed E-state index contributed by atoms with van der Waals surface area (Å²) >= 11 is 9.47. The zero-order chi connectivity index (χ0) is 19.5. The number of hydrogen-bond donors (Lipinski definition) is 2. The van der Waals surface area contributed by atoms with Gasteiger partial charge in [-0.25, -0.2) is 0 Å². The normalized spacial score (nSPS) is 12.6. The number of para-hydroxylation sites is 2. The van der Waals surface area contributed by atoms with E-state index in [0.29, 0.717) is 28.8 Å². The number of nitrogens with one attached hydrogen (secondary N) is 2. The first-order chi connectivity index (χ1) is 13.6. The van der Waals surface area contributed by atoms with E-state index in [-0.39, 0.29) is 12.5 Å². The maximum Gasteiger partial charge on any atom is 0.262 e. The van der Waals surface area contributed by atoms with Crippen molar-refractivity contribution in [2.75, 3.05) is 17.2 Å². The number of anilines is 2. The van der Waals surface area contributed by atoms with Crippen molar-refractivity contribution in [3.8, 4) is 17.2 Å². The minimum Gasteiger partial charge on any atom is -0.482 e. The van der Waals surface area contributed by atoms with Crippen molar-refractivity contribution in [1.82, 2.24) is 0 Å². The molecule has 0 saturated carbocycles. The van der Waals surface area contributed by atoms with Crippen molar-refractivity contribution in [1.29, 1.82) is 0 Å². The standard InChI is InChI=1S/C21H16BrClN2O3/c22-15-10-14(23)8-9-18(15)28-17-6-2-1-4-13(17)11-24-16-5-3-7-19-21(16)25-20(26)12-27-19/h1-10,24H,11-12H2,(H,25,26). The van der Waals surface area contributed by atoms with Crippen LogP contribution in [0.2, 0.25) is 5.02 Å². The Morgan fingerprint density at radius 1 is 1.11 bits per heavy atom. The molecule has 0 unspecified atom stereocenters. The number of fused-ring (bicyclic) bond motifs is 1. The van der Waals surface area contributed by atoms with Crippen LogP contribution in [0.15, 0.2) is 65.1 Å². The van der Waals surface area contributed by atoms with Gasteiger partial charge in [0.25, 0.3) is 5.91 Å². The second-order valence-corrected chi connectivity index (χ2v) is 7.44. The van der Waals surface area contributed by atoms with Crippen molar-refractivity contribution in [3.05, 3.63) is 75.7 Å². The summed E-state index contributed by atoms with van der Waals surface area (Å²) < 4.78 is 12.3. The number of carbonyl (C=O) groups excluding carboxylic acids is 1. The number of rotatable bonds is 5. The molecule has 0 aliphatic carbocycles. The van der Waals surface area contributed by atoms with Crippen LogP contribution in [-0.4, -0.2) is 12.5 Å². The highest BCUT2D eigenvalue weighted by Gasteiger charge is 2.19. The first-order valence-electron chi connectivity index (χ1n) is 8.60. The van der Waals surface area contributed by atoms with Crippen LogP contribution in [0.4, 0.5) is 11.4 Å². The monoisotopic (exact) mass is 458 g/mol. The second kappa shape index (κ2) is 8.12. The molecule has 1 amide bonds. The fourth-order valence-electron chi connectivity index (χ4n) is 2.86. The van der Waals surface area contributed by atoms with E-state index >= 15 is 0 Å². The molecular weight excluding hydrogens is 444 g/mol. The summed E-state index contributed by atoms with van der Waals surface area (Å²) in [7, 11) is 0. The fraction of sp³-hybridized carbons (Fsp3) is 0.0952. The largest absolute Gasteiger partial charge is 0.482 e. The fourth-order valence-corrected chi connectivity index (χ4v) is 3.63. The number of hydrogen-bond acceptors (Lipinski definition) is 4. The van der Waals surface area contributed by atoms with Gasteiger partial charge in [0.1, 0.15) is 22.9 Å². The van der Waals surface area contributed by atoms with Crippen molar-refractivity contribution in [2.45, 2.75) is 6.54 Å². The molecule has 3 aromatic carbocycles. The zero-order valence-electron chi connectivity index (χ0n) is 14.7. The molecule has 0 spiro atoms. The lowest BCUT2D eigenvalue weighted by Crippen LogP contribution is -2.26. The van der Waals surface area contributed by atoms with E-state index in [2.05, 4.69) is 26.6 Å². The minimum atomic E-state index is -0.168. The SMILES string of the molecule is O=C1COc2cccc(NCc3ccccc3Oc3ccc(Cl)cc3Br)c2N1. The summed E-state index contributed by atoms with van der Waals surface area (Å²) in [4.78, 5) is 11.7. The van der Waals surface area contributed by atoms with Gasteiger partial charge in [-0.1, -0.05) is 35.9 Å². The molecule has 0 bridgehead atoms. The molecule has 4 rings (SSSR count). The molecule has 0 saturated heterocycles. The molecule has 1 aliphatic heterocycles. The first kappa shape index (κ1) is 18.7. The maximum absolute atomic E-state index is 11.7. The third kappa shape index (κ3) is 4.08. The highest BCUT2D eigenvalue weighted by Crippen LogP contribution is 2.36. The highest BCUT2D eigenvalue weighted by molar-refractivity contribution is 9.10. The number of carbonyl (C=O) groups is 1. The van der Waals surface area contributed by atoms with Crippen molar-refractivity contribution in [2.24, 2.45) is 0 Å². The quantitative estimate of drug-likeness (QED) is 0.503. The van der Waals surface area contributed by atoms with Crippen LogP contribution >= 0.6 is 27.5 Å². The molecular formula is C21H16BrClN2O3. The minimum absolute atomic E-state index is 0.0308. The van der Waals surface area contributed by atoms with E-state index in [1.165, 1.54) is 0 Å². The van der Waals surface area contributed by atoms with Crippen molar-refractivity contribution >= 4 is 44.8 Å². The van der Waals surface area contributed by atoms with Gasteiger partial charge in [-0.2, -0.15) is 0 Å². The number of amides is 1. The summed E-state index contributed by atoms with van der Waals surface area (Å²) in [5.74, 6) is 1.88. The Hall–Kier alpha value is -2.70. The number of ether oxygens (including phenoxy) is 2. The summed E-state index contributed by atoms with van der Waals surface area (Å²) in [5.41, 5.74) is 2.40. The van der Waals surface area contributed by atoms with Gasteiger partial charge in [0.2, 0.25) is 0 Å². The lowest BCUT2D eigenvalue weighted by atomic mass is 10.1. The van der Waals surface area contributed by atoms with Gasteiger partial charge in [0.05, 0.1) is 10.2 Å². The van der Waals surface area contributed by atoms with Gasteiger partial charge in [-0.15, -0.1) is 0 Å². The third-order valence-corrected chi connectivity index (χ3v) is 5.06. The lowest BCUT2D eigenvalue weighted by molar-refractivity contribution is -0.118. The summed E-state index contributed by atoms with van der Waals surface area (Å²) in [6.07, 6.45) is 0. The van der Waals surface area contributed by atoms with Crippen LogP contribution in [0.1, 0.15) is 5.56 Å². The van der Waals surface area contributed by atoms with E-state index in [0.717, 1.165) is 21.5 Å². The van der Waals surface area contributed by atoms with Crippen LogP contribution in [-0.2, 0) is 11.3 Å². The molecule has 5 nitrogen and oxygen atoms in total. The van der Waals surface area contributed by atoms with Crippen molar-refractivity contribution < 1.29 is 14.3 Å². The Morgan fingerprint density at radius 2 is 1.96 bits per heavy atom. The van der Waals surface area contributed by atoms with Gasteiger partial charge >= 0.3 is 0 Å². The topological polar surface area (TPSA) is 59.6 Å². The Kier molecular flexibility index (Phi) is 5.41. The predicted octanol–water partition coefficient (Wildman–Crippen LogP) is 5.84. The molecule has 7 heteroatoms. The smallest absolute Gasteiger partial charge is 0.262 e. The Bertz CT molecular complexity index is 1040. The molecule has 1 heterocycles. The van der Waals surface area contributed by atoms with E-state index < -0.39 is 0 Å². The average molecular weight is 460 g/mol. The van der Waals surface area contributed by atoms with Crippen LogP contribution in [0.25, 0.3) is 0 Å². The van der Waals surface area contributed by atoms with E-state index in [4.69, 9.17) is 21.1 Å². The summed E-state index contributed by atoms with van der Waals surface area (Å²) in [6.45, 7) is 0.538. The average Bonchev–Trinajstić information content (AvgIpc) is 2.69. The molecule has 0 atom stereocenters. The second-order valence-electron chi connectivity index (χ2n) is 6.15. The molecule has 0 fully saturated rings. The van der Waals surface area contributed by atoms with Gasteiger partial charge in [0, 0.05) is 17.1 Å². The van der Waals surface area contributed by atoms with Gasteiger partial charge in [-0.3, -0.25) is 4.79 Å². The van der Waals surface area contributed by atoms with E-state index in [1.54, 1.807) is 12.1 Å². The maximum atomic E-state index is 11.7. The van der Waals surface area contributed by atoms with E-state index in [1.807, 2.05) is 48.5 Å². The Morgan fingerprint density at radius 3 is 2.82 bits per heavy atom. The van der Waals surface area contributed by atoms with Crippen LogP contribution in [0.3, 0.4) is 0 Å². The third-order valence-electron chi connectivity index (χ3n) is 4.21. The molecule has 2 N–H and O–H groups in total. The molecule has 0 radical (unpaired) electrons. The summed E-state index contributed by atoms with van der Waals surface area (Å²) in [6, 6.07) is 18.7. The molecule has 28 heavy (non-hydrogen) atoms. The summed E-state index contributed by atoms with van der Waals surface area (Å²) in [5, 5.41) is 6.84. The molecule has 0 aromatic heterocycles. The Balaban J connectivity index is 1.55. The lowest BCUT2D eigenvalue weighted by Gasteiger charge is -2.21. The number of benzene rings is 3. The number of halogens is 2. The molecule has 1 aliphatic rings. The van der Waals surface area contributed by atoms with E-state index in [9.17, 15) is 4.79 Å². The highest BCUT2D eigenvalue weighted by atomic mass is 79.9. The van der Waals surface area contributed by atoms with Crippen LogP contribution in [0.5, 0.6) is 17.2 Å². The van der Waals surface area contributed by atoms with Crippen LogP contribution in [0, 0.1) is 0 Å². The predicted molar refractivity (Wildman–Crippen MR) is 114 cm³/mol. The van der Waals surface area contributed by atoms with Crippen molar-refractivity contribution in [3.63, 3.8) is 0 Å². The van der Waals surface area contributed by atoms with Gasteiger partial charge < -0.3 is 20.1 Å². The zero-order valence-corrected chi connectivity index (χ0v) is 17.0.